The van der Waals surface area contributed by atoms with Crippen LogP contribution in [0.4, 0.5) is 4.39 Å². The molecule has 3 aromatic rings. The van der Waals surface area contributed by atoms with Crippen LogP contribution >= 0.6 is 27.5 Å². The molecule has 3 rings (SSSR count). The molecule has 0 radical (unpaired) electrons. The van der Waals surface area contributed by atoms with E-state index in [1.54, 1.807) is 6.92 Å². The van der Waals surface area contributed by atoms with Crippen LogP contribution in [0.15, 0.2) is 40.9 Å². The van der Waals surface area contributed by atoms with E-state index in [1.165, 1.54) is 6.07 Å². The van der Waals surface area contributed by atoms with Crippen molar-refractivity contribution in [2.75, 3.05) is 0 Å². The third-order valence-electron chi connectivity index (χ3n) is 3.40. The highest BCUT2D eigenvalue weighted by Gasteiger charge is 2.17. The summed E-state index contributed by atoms with van der Waals surface area (Å²) in [6.45, 7) is 3.61. The van der Waals surface area contributed by atoms with Crippen molar-refractivity contribution in [1.82, 2.24) is 9.55 Å². The standard InChI is InChI=1S/C16H13BrClFN2/c1-9-7-15-14(8-13(9)19)20-16(10(2)18)21(15)12-5-3-11(17)4-6-12/h3-8,10H,1-2H3. The van der Waals surface area contributed by atoms with Crippen LogP contribution in [-0.2, 0) is 0 Å². The molecule has 1 heterocycles. The van der Waals surface area contributed by atoms with E-state index in [0.717, 1.165) is 15.7 Å². The Morgan fingerprint density at radius 2 is 1.90 bits per heavy atom. The molecule has 1 aromatic heterocycles. The lowest BCUT2D eigenvalue weighted by Crippen LogP contribution is -2.01. The van der Waals surface area contributed by atoms with Crippen molar-refractivity contribution in [3.8, 4) is 5.69 Å². The van der Waals surface area contributed by atoms with Gasteiger partial charge in [-0.15, -0.1) is 11.6 Å². The van der Waals surface area contributed by atoms with Gasteiger partial charge < -0.3 is 0 Å². The van der Waals surface area contributed by atoms with Crippen LogP contribution in [0.1, 0.15) is 23.7 Å². The predicted molar refractivity (Wildman–Crippen MR) is 87.7 cm³/mol. The number of benzene rings is 2. The third-order valence-corrected chi connectivity index (χ3v) is 4.13. The van der Waals surface area contributed by atoms with Crippen LogP contribution < -0.4 is 0 Å². The Morgan fingerprint density at radius 1 is 1.24 bits per heavy atom. The summed E-state index contributed by atoms with van der Waals surface area (Å²) in [5.41, 5.74) is 3.02. The van der Waals surface area contributed by atoms with Gasteiger partial charge in [-0.25, -0.2) is 9.37 Å². The highest BCUT2D eigenvalue weighted by molar-refractivity contribution is 9.10. The Hall–Kier alpha value is -1.39. The van der Waals surface area contributed by atoms with Gasteiger partial charge in [0.15, 0.2) is 0 Å². The number of alkyl halides is 1. The minimum Gasteiger partial charge on any atom is -0.295 e. The molecule has 1 unspecified atom stereocenters. The van der Waals surface area contributed by atoms with Crippen molar-refractivity contribution >= 4 is 38.6 Å². The minimum absolute atomic E-state index is 0.253. The van der Waals surface area contributed by atoms with Gasteiger partial charge in [-0.05, 0) is 49.7 Å². The van der Waals surface area contributed by atoms with Crippen LogP contribution in [0.3, 0.4) is 0 Å². The fraction of sp³-hybridized carbons (Fsp3) is 0.188. The molecule has 0 spiro atoms. The molecule has 2 nitrogen and oxygen atoms in total. The number of aromatic nitrogens is 2. The summed E-state index contributed by atoms with van der Waals surface area (Å²) < 4.78 is 16.7. The van der Waals surface area contributed by atoms with Crippen molar-refractivity contribution in [3.05, 3.63) is 58.1 Å². The maximum Gasteiger partial charge on any atom is 0.132 e. The number of hydrogen-bond donors (Lipinski definition) is 0. The van der Waals surface area contributed by atoms with Gasteiger partial charge in [-0.2, -0.15) is 0 Å². The normalized spacial score (nSPS) is 12.8. The zero-order valence-electron chi connectivity index (χ0n) is 11.6. The van der Waals surface area contributed by atoms with E-state index >= 15 is 0 Å². The number of rotatable bonds is 2. The number of fused-ring (bicyclic) bond motifs is 1. The molecule has 0 amide bonds. The van der Waals surface area contributed by atoms with Gasteiger partial charge in [0, 0.05) is 16.2 Å². The average Bonchev–Trinajstić information content (AvgIpc) is 2.79. The first-order valence-corrected chi connectivity index (χ1v) is 7.79. The van der Waals surface area contributed by atoms with Crippen LogP contribution in [0, 0.1) is 12.7 Å². The summed E-state index contributed by atoms with van der Waals surface area (Å²) in [7, 11) is 0. The largest absolute Gasteiger partial charge is 0.295 e. The molecular formula is C16H13BrClFN2. The summed E-state index contributed by atoms with van der Waals surface area (Å²) in [5, 5.41) is -0.274. The predicted octanol–water partition coefficient (Wildman–Crippen LogP) is 5.54. The Balaban J connectivity index is 2.35. The van der Waals surface area contributed by atoms with Crippen molar-refractivity contribution < 1.29 is 4.39 Å². The summed E-state index contributed by atoms with van der Waals surface area (Å²) >= 11 is 9.68. The highest BCUT2D eigenvalue weighted by atomic mass is 79.9. The van der Waals surface area contributed by atoms with Gasteiger partial charge in [0.2, 0.25) is 0 Å². The molecule has 0 bridgehead atoms. The Labute approximate surface area is 135 Å². The molecule has 0 aliphatic rings. The first kappa shape index (κ1) is 14.5. The van der Waals surface area contributed by atoms with Crippen LogP contribution in [0.2, 0.25) is 0 Å². The van der Waals surface area contributed by atoms with Crippen LogP contribution in [-0.4, -0.2) is 9.55 Å². The highest BCUT2D eigenvalue weighted by Crippen LogP contribution is 2.30. The molecule has 108 valence electrons. The lowest BCUT2D eigenvalue weighted by atomic mass is 10.2. The van der Waals surface area contributed by atoms with Crippen LogP contribution in [0.25, 0.3) is 16.7 Å². The maximum atomic E-state index is 13.8. The zero-order chi connectivity index (χ0) is 15.1. The molecule has 5 heteroatoms. The SMILES string of the molecule is Cc1cc2c(cc1F)nc(C(C)Cl)n2-c1ccc(Br)cc1. The first-order valence-electron chi connectivity index (χ1n) is 6.56. The smallest absolute Gasteiger partial charge is 0.132 e. The van der Waals surface area contributed by atoms with E-state index in [9.17, 15) is 4.39 Å². The van der Waals surface area contributed by atoms with E-state index in [0.29, 0.717) is 16.9 Å². The van der Waals surface area contributed by atoms with Gasteiger partial charge in [-0.1, -0.05) is 15.9 Å². The quantitative estimate of drug-likeness (QED) is 0.544. The van der Waals surface area contributed by atoms with Crippen molar-refractivity contribution in [3.63, 3.8) is 0 Å². The van der Waals surface area contributed by atoms with Gasteiger partial charge >= 0.3 is 0 Å². The zero-order valence-corrected chi connectivity index (χ0v) is 13.9. The molecule has 21 heavy (non-hydrogen) atoms. The Kier molecular flexibility index (Phi) is 3.76. The number of imidazole rings is 1. The first-order chi connectivity index (χ1) is 9.97. The fourth-order valence-corrected chi connectivity index (χ4v) is 2.76. The molecular weight excluding hydrogens is 355 g/mol. The summed E-state index contributed by atoms with van der Waals surface area (Å²) in [4.78, 5) is 4.49. The topological polar surface area (TPSA) is 17.8 Å². The second-order valence-corrected chi connectivity index (χ2v) is 6.56. The maximum absolute atomic E-state index is 13.8. The number of halogens is 3. The monoisotopic (exact) mass is 366 g/mol. The molecule has 2 aromatic carbocycles. The Morgan fingerprint density at radius 3 is 2.52 bits per heavy atom. The van der Waals surface area contributed by atoms with Gasteiger partial charge in [0.1, 0.15) is 11.6 Å². The lowest BCUT2D eigenvalue weighted by molar-refractivity contribution is 0.620. The molecule has 0 saturated carbocycles. The average molecular weight is 368 g/mol. The minimum atomic E-state index is -0.274. The molecule has 0 aliphatic heterocycles. The lowest BCUT2D eigenvalue weighted by Gasteiger charge is -2.11. The van der Waals surface area contributed by atoms with Gasteiger partial charge in [0.25, 0.3) is 0 Å². The molecule has 0 fully saturated rings. The molecule has 0 N–H and O–H groups in total. The second kappa shape index (κ2) is 5.43. The molecule has 0 aliphatic carbocycles. The Bertz CT molecular complexity index is 809. The van der Waals surface area contributed by atoms with Crippen molar-refractivity contribution in [2.45, 2.75) is 19.2 Å². The van der Waals surface area contributed by atoms with Crippen molar-refractivity contribution in [1.29, 1.82) is 0 Å². The number of nitrogens with zero attached hydrogens (tertiary/aromatic N) is 2. The van der Waals surface area contributed by atoms with E-state index in [2.05, 4.69) is 20.9 Å². The second-order valence-electron chi connectivity index (χ2n) is 4.99. The number of aryl methyl sites for hydroxylation is 1. The van der Waals surface area contributed by atoms with Gasteiger partial charge in [-0.3, -0.25) is 4.57 Å². The van der Waals surface area contributed by atoms with Gasteiger partial charge in [0.05, 0.1) is 16.4 Å². The number of hydrogen-bond acceptors (Lipinski definition) is 1. The van der Waals surface area contributed by atoms with E-state index in [4.69, 9.17) is 11.6 Å². The third kappa shape index (κ3) is 2.58. The van der Waals surface area contributed by atoms with E-state index in [-0.39, 0.29) is 11.2 Å². The van der Waals surface area contributed by atoms with E-state index in [1.807, 2.05) is 41.8 Å². The van der Waals surface area contributed by atoms with E-state index < -0.39 is 0 Å². The molecule has 1 atom stereocenters. The summed E-state index contributed by atoms with van der Waals surface area (Å²) in [5.74, 6) is 0.454. The summed E-state index contributed by atoms with van der Waals surface area (Å²) in [6.07, 6.45) is 0. The fourth-order valence-electron chi connectivity index (χ4n) is 2.35. The summed E-state index contributed by atoms with van der Waals surface area (Å²) in [6, 6.07) is 11.1. The van der Waals surface area contributed by atoms with Crippen LogP contribution in [0.5, 0.6) is 0 Å². The molecule has 0 saturated heterocycles. The van der Waals surface area contributed by atoms with Crippen molar-refractivity contribution in [2.24, 2.45) is 0 Å².